The van der Waals surface area contributed by atoms with Gasteiger partial charge in [0.05, 0.1) is 5.75 Å². The molecule has 1 unspecified atom stereocenters. The van der Waals surface area contributed by atoms with Crippen molar-refractivity contribution in [3.8, 4) is 0 Å². The smallest absolute Gasteiger partial charge is 0.150 e. The van der Waals surface area contributed by atoms with E-state index in [0.717, 1.165) is 5.56 Å². The molecule has 0 aliphatic carbocycles. The number of rotatable bonds is 8. The van der Waals surface area contributed by atoms with E-state index in [0.29, 0.717) is 19.0 Å². The van der Waals surface area contributed by atoms with Crippen molar-refractivity contribution in [2.24, 2.45) is 0 Å². The minimum Gasteiger partial charge on any atom is -0.314 e. The maximum absolute atomic E-state index is 13.3. The first-order chi connectivity index (χ1) is 9.34. The Labute approximate surface area is 121 Å². The second-order valence-corrected chi connectivity index (χ2v) is 7.81. The lowest BCUT2D eigenvalue weighted by atomic mass is 9.96. The Bertz CT molecular complexity index is 514. The Morgan fingerprint density at radius 1 is 1.30 bits per heavy atom. The predicted octanol–water partition coefficient (Wildman–Crippen LogP) is 2.73. The van der Waals surface area contributed by atoms with Crippen LogP contribution >= 0.6 is 0 Å². The van der Waals surface area contributed by atoms with Gasteiger partial charge in [0.25, 0.3) is 0 Å². The molecule has 0 fully saturated rings. The molecule has 0 saturated heterocycles. The van der Waals surface area contributed by atoms with E-state index < -0.39 is 9.84 Å². The van der Waals surface area contributed by atoms with E-state index in [1.54, 1.807) is 13.0 Å². The maximum Gasteiger partial charge on any atom is 0.150 e. The number of sulfone groups is 1. The van der Waals surface area contributed by atoms with Crippen LogP contribution in [-0.4, -0.2) is 32.5 Å². The quantitative estimate of drug-likeness (QED) is 0.803. The fourth-order valence-electron chi connectivity index (χ4n) is 1.99. The van der Waals surface area contributed by atoms with Gasteiger partial charge in [0, 0.05) is 18.3 Å². The number of nitrogens with one attached hydrogen (secondary N) is 1. The summed E-state index contributed by atoms with van der Waals surface area (Å²) in [4.78, 5) is 0. The van der Waals surface area contributed by atoms with E-state index in [1.807, 2.05) is 19.9 Å². The Morgan fingerprint density at radius 2 is 2.00 bits per heavy atom. The molecule has 1 rings (SSSR count). The standard InChI is InChI=1S/C15H24FNO2S/c1-4-20(18,19)9-8-14(11-17-12(2)3)13-6-5-7-15(16)10-13/h5-7,10,12,14,17H,4,8-9,11H2,1-3H3. The highest BCUT2D eigenvalue weighted by Crippen LogP contribution is 2.21. The van der Waals surface area contributed by atoms with Crippen LogP contribution in [0.1, 0.15) is 38.7 Å². The summed E-state index contributed by atoms with van der Waals surface area (Å²) >= 11 is 0. The van der Waals surface area contributed by atoms with Crippen molar-refractivity contribution in [2.75, 3.05) is 18.1 Å². The summed E-state index contributed by atoms with van der Waals surface area (Å²) in [6.07, 6.45) is 0.513. The molecule has 0 spiro atoms. The summed E-state index contributed by atoms with van der Waals surface area (Å²) in [5.74, 6) is 0.0232. The Balaban J connectivity index is 2.80. The fraction of sp³-hybridized carbons (Fsp3) is 0.600. The van der Waals surface area contributed by atoms with Crippen LogP contribution in [0.2, 0.25) is 0 Å². The molecule has 0 saturated carbocycles. The van der Waals surface area contributed by atoms with Crippen LogP contribution in [0.5, 0.6) is 0 Å². The minimum absolute atomic E-state index is 0.00873. The lowest BCUT2D eigenvalue weighted by Gasteiger charge is -2.19. The van der Waals surface area contributed by atoms with Crippen molar-refractivity contribution in [3.63, 3.8) is 0 Å². The summed E-state index contributed by atoms with van der Waals surface area (Å²) in [5.41, 5.74) is 0.851. The molecule has 0 bridgehead atoms. The highest BCUT2D eigenvalue weighted by Gasteiger charge is 2.17. The van der Waals surface area contributed by atoms with Crippen molar-refractivity contribution < 1.29 is 12.8 Å². The van der Waals surface area contributed by atoms with E-state index in [4.69, 9.17) is 0 Å². The lowest BCUT2D eigenvalue weighted by molar-refractivity contribution is 0.514. The Morgan fingerprint density at radius 3 is 2.55 bits per heavy atom. The molecule has 0 aliphatic rings. The molecule has 0 aliphatic heterocycles. The summed E-state index contributed by atoms with van der Waals surface area (Å²) in [5, 5.41) is 3.30. The van der Waals surface area contributed by atoms with Gasteiger partial charge in [-0.3, -0.25) is 0 Å². The van der Waals surface area contributed by atoms with Crippen LogP contribution in [0.3, 0.4) is 0 Å². The van der Waals surface area contributed by atoms with Gasteiger partial charge in [0.1, 0.15) is 15.7 Å². The first kappa shape index (κ1) is 17.1. The van der Waals surface area contributed by atoms with Crippen LogP contribution in [0.25, 0.3) is 0 Å². The van der Waals surface area contributed by atoms with Crippen LogP contribution in [0.15, 0.2) is 24.3 Å². The van der Waals surface area contributed by atoms with Gasteiger partial charge in [0.15, 0.2) is 0 Å². The van der Waals surface area contributed by atoms with Crippen molar-refractivity contribution in [3.05, 3.63) is 35.6 Å². The van der Waals surface area contributed by atoms with Crippen molar-refractivity contribution in [1.29, 1.82) is 0 Å². The molecule has 1 aromatic carbocycles. The van der Waals surface area contributed by atoms with Gasteiger partial charge in [-0.05, 0) is 30.0 Å². The van der Waals surface area contributed by atoms with Gasteiger partial charge in [-0.25, -0.2) is 12.8 Å². The fourth-order valence-corrected chi connectivity index (χ4v) is 2.92. The third-order valence-electron chi connectivity index (χ3n) is 3.31. The summed E-state index contributed by atoms with van der Waals surface area (Å²) in [6.45, 7) is 6.37. The third-order valence-corrected chi connectivity index (χ3v) is 5.05. The van der Waals surface area contributed by atoms with E-state index in [-0.39, 0.29) is 23.2 Å². The minimum atomic E-state index is -2.99. The first-order valence-electron chi connectivity index (χ1n) is 7.03. The number of hydrogen-bond acceptors (Lipinski definition) is 3. The van der Waals surface area contributed by atoms with E-state index in [9.17, 15) is 12.8 Å². The number of benzene rings is 1. The molecule has 0 heterocycles. The average Bonchev–Trinajstić information content (AvgIpc) is 2.38. The molecular formula is C15H24FNO2S. The molecule has 0 amide bonds. The molecule has 114 valence electrons. The molecular weight excluding hydrogens is 277 g/mol. The second kappa shape index (κ2) is 7.74. The van der Waals surface area contributed by atoms with E-state index >= 15 is 0 Å². The summed E-state index contributed by atoms with van der Waals surface area (Å²) in [7, 11) is -2.99. The lowest BCUT2D eigenvalue weighted by Crippen LogP contribution is -2.29. The molecule has 1 atom stereocenters. The normalized spacial score (nSPS) is 13.7. The molecule has 20 heavy (non-hydrogen) atoms. The Kier molecular flexibility index (Phi) is 6.62. The van der Waals surface area contributed by atoms with Gasteiger partial charge in [-0.15, -0.1) is 0 Å². The molecule has 1 aromatic rings. The molecule has 1 N–H and O–H groups in total. The summed E-state index contributed by atoms with van der Waals surface area (Å²) < 4.78 is 36.6. The van der Waals surface area contributed by atoms with Gasteiger partial charge in [0.2, 0.25) is 0 Å². The van der Waals surface area contributed by atoms with Gasteiger partial charge in [-0.1, -0.05) is 32.9 Å². The molecule has 3 nitrogen and oxygen atoms in total. The van der Waals surface area contributed by atoms with Crippen molar-refractivity contribution >= 4 is 9.84 Å². The highest BCUT2D eigenvalue weighted by atomic mass is 32.2. The van der Waals surface area contributed by atoms with Crippen LogP contribution < -0.4 is 5.32 Å². The molecule has 5 heteroatoms. The molecule has 0 radical (unpaired) electrons. The highest BCUT2D eigenvalue weighted by molar-refractivity contribution is 7.91. The van der Waals surface area contributed by atoms with Crippen LogP contribution in [0.4, 0.5) is 4.39 Å². The first-order valence-corrected chi connectivity index (χ1v) is 8.85. The van der Waals surface area contributed by atoms with Crippen molar-refractivity contribution in [2.45, 2.75) is 39.2 Å². The SMILES string of the molecule is CCS(=O)(=O)CCC(CNC(C)C)c1cccc(F)c1. The maximum atomic E-state index is 13.3. The van der Waals surface area contributed by atoms with Gasteiger partial charge < -0.3 is 5.32 Å². The monoisotopic (exact) mass is 301 g/mol. The van der Waals surface area contributed by atoms with Crippen LogP contribution in [-0.2, 0) is 9.84 Å². The zero-order valence-electron chi connectivity index (χ0n) is 12.4. The zero-order valence-corrected chi connectivity index (χ0v) is 13.2. The zero-order chi connectivity index (χ0) is 15.2. The predicted molar refractivity (Wildman–Crippen MR) is 81.2 cm³/mol. The van der Waals surface area contributed by atoms with E-state index in [2.05, 4.69) is 5.32 Å². The van der Waals surface area contributed by atoms with Crippen LogP contribution in [0, 0.1) is 5.82 Å². The van der Waals surface area contributed by atoms with Gasteiger partial charge in [-0.2, -0.15) is 0 Å². The topological polar surface area (TPSA) is 46.2 Å². The third kappa shape index (κ3) is 6.01. The number of halogens is 1. The summed E-state index contributed by atoms with van der Waals surface area (Å²) in [6, 6.07) is 6.73. The Hall–Kier alpha value is -0.940. The van der Waals surface area contributed by atoms with E-state index in [1.165, 1.54) is 12.1 Å². The molecule has 0 aromatic heterocycles. The number of hydrogen-bond donors (Lipinski definition) is 1. The van der Waals surface area contributed by atoms with Crippen molar-refractivity contribution in [1.82, 2.24) is 5.32 Å². The average molecular weight is 301 g/mol. The largest absolute Gasteiger partial charge is 0.314 e. The van der Waals surface area contributed by atoms with Gasteiger partial charge >= 0.3 is 0 Å². The second-order valence-electron chi connectivity index (χ2n) is 5.34.